The van der Waals surface area contributed by atoms with Gasteiger partial charge < -0.3 is 10.2 Å². The largest absolute Gasteiger partial charge is 0.391 e. The van der Waals surface area contributed by atoms with Gasteiger partial charge in [0, 0.05) is 31.4 Å². The second kappa shape index (κ2) is 6.58. The molecule has 1 aromatic carbocycles. The number of nitrogens with one attached hydrogen (secondary N) is 1. The Morgan fingerprint density at radius 2 is 2.05 bits per heavy atom. The second-order valence-electron chi connectivity index (χ2n) is 5.87. The smallest absolute Gasteiger partial charge is 0.382 e. The molecule has 0 bridgehead atoms. The van der Waals surface area contributed by atoms with E-state index < -0.39 is 12.1 Å². The van der Waals surface area contributed by atoms with Crippen LogP contribution in [0.3, 0.4) is 0 Å². The quantitative estimate of drug-likeness (QED) is 0.907. The van der Waals surface area contributed by atoms with E-state index in [0.717, 1.165) is 17.8 Å². The summed E-state index contributed by atoms with van der Waals surface area (Å²) in [5, 5.41) is 3.18. The third kappa shape index (κ3) is 4.15. The molecule has 0 aromatic heterocycles. The molecule has 0 saturated heterocycles. The van der Waals surface area contributed by atoms with Crippen LogP contribution in [0, 0.1) is 5.92 Å². The van der Waals surface area contributed by atoms with Crippen molar-refractivity contribution in [2.75, 3.05) is 17.3 Å². The molecule has 1 aliphatic rings. The Morgan fingerprint density at radius 3 is 2.68 bits per heavy atom. The van der Waals surface area contributed by atoms with Gasteiger partial charge in [-0.05, 0) is 37.5 Å². The summed E-state index contributed by atoms with van der Waals surface area (Å²) in [5.74, 6) is -1.31. The van der Waals surface area contributed by atoms with Crippen molar-refractivity contribution in [2.45, 2.75) is 44.8 Å². The van der Waals surface area contributed by atoms with Crippen LogP contribution >= 0.6 is 0 Å². The highest BCUT2D eigenvalue weighted by atomic mass is 19.4. The summed E-state index contributed by atoms with van der Waals surface area (Å²) < 4.78 is 38.5. The van der Waals surface area contributed by atoms with Crippen molar-refractivity contribution in [1.82, 2.24) is 0 Å². The molecule has 1 fully saturated rings. The Kier molecular flexibility index (Phi) is 4.98. The number of anilines is 2. The summed E-state index contributed by atoms with van der Waals surface area (Å²) in [6.45, 7) is 1.47. The van der Waals surface area contributed by atoms with E-state index in [2.05, 4.69) is 5.32 Å². The van der Waals surface area contributed by atoms with Gasteiger partial charge in [-0.1, -0.05) is 12.5 Å². The summed E-state index contributed by atoms with van der Waals surface area (Å²) in [4.78, 5) is 12.9. The van der Waals surface area contributed by atoms with Crippen LogP contribution in [0.15, 0.2) is 24.3 Å². The molecule has 0 spiro atoms. The molecule has 3 nitrogen and oxygen atoms in total. The number of rotatable bonds is 3. The van der Waals surface area contributed by atoms with Gasteiger partial charge >= 0.3 is 6.18 Å². The highest BCUT2D eigenvalue weighted by Crippen LogP contribution is 2.38. The summed E-state index contributed by atoms with van der Waals surface area (Å²) in [5.41, 5.74) is 1.47. The maximum Gasteiger partial charge on any atom is 0.391 e. The molecule has 1 amide bonds. The van der Waals surface area contributed by atoms with E-state index in [1.54, 1.807) is 25.2 Å². The molecular weight excluding hydrogens is 293 g/mol. The Labute approximate surface area is 128 Å². The number of carbonyl (C=O) groups excluding carboxylic acids is 1. The number of hydrogen-bond donors (Lipinski definition) is 1. The fourth-order valence-electron chi connectivity index (χ4n) is 2.84. The molecule has 6 heteroatoms. The molecule has 22 heavy (non-hydrogen) atoms. The normalized spacial score (nSPS) is 22.2. The fourth-order valence-corrected chi connectivity index (χ4v) is 2.84. The molecule has 122 valence electrons. The van der Waals surface area contributed by atoms with Gasteiger partial charge in [0.15, 0.2) is 0 Å². The van der Waals surface area contributed by atoms with Crippen LogP contribution in [0.25, 0.3) is 0 Å². The molecule has 2 atom stereocenters. The van der Waals surface area contributed by atoms with Crippen LogP contribution in [0.1, 0.15) is 32.6 Å². The predicted octanol–water partition coefficient (Wildman–Crippen LogP) is 4.20. The van der Waals surface area contributed by atoms with Crippen molar-refractivity contribution in [3.8, 4) is 0 Å². The van der Waals surface area contributed by atoms with Crippen molar-refractivity contribution in [2.24, 2.45) is 5.92 Å². The van der Waals surface area contributed by atoms with Gasteiger partial charge in [0.2, 0.25) is 5.91 Å². The first-order valence-electron chi connectivity index (χ1n) is 7.45. The molecule has 1 saturated carbocycles. The molecule has 0 aliphatic heterocycles. The Hall–Kier alpha value is -1.72. The van der Waals surface area contributed by atoms with Crippen LogP contribution in [0.4, 0.5) is 24.5 Å². The average Bonchev–Trinajstić information content (AvgIpc) is 2.46. The number of hydrogen-bond acceptors (Lipinski definition) is 2. The van der Waals surface area contributed by atoms with Gasteiger partial charge in [0.25, 0.3) is 0 Å². The lowest BCUT2D eigenvalue weighted by molar-refractivity contribution is -0.182. The lowest BCUT2D eigenvalue weighted by Gasteiger charge is -2.31. The Bertz CT molecular complexity index is 530. The zero-order valence-corrected chi connectivity index (χ0v) is 12.8. The lowest BCUT2D eigenvalue weighted by atomic mass is 9.85. The molecule has 0 radical (unpaired) electrons. The van der Waals surface area contributed by atoms with Gasteiger partial charge in [0.1, 0.15) is 0 Å². The molecule has 1 aromatic rings. The van der Waals surface area contributed by atoms with Gasteiger partial charge in [0.05, 0.1) is 5.92 Å². The van der Waals surface area contributed by atoms with Crippen LogP contribution in [0.5, 0.6) is 0 Å². The van der Waals surface area contributed by atoms with E-state index in [0.29, 0.717) is 6.42 Å². The molecule has 1 N–H and O–H groups in total. The zero-order valence-electron chi connectivity index (χ0n) is 12.8. The summed E-state index contributed by atoms with van der Waals surface area (Å²) in [7, 11) is 1.67. The van der Waals surface area contributed by atoms with Crippen molar-refractivity contribution in [3.05, 3.63) is 24.3 Å². The number of benzene rings is 1. The van der Waals surface area contributed by atoms with Gasteiger partial charge in [-0.2, -0.15) is 13.2 Å². The molecule has 0 unspecified atom stereocenters. The van der Waals surface area contributed by atoms with Gasteiger partial charge in [-0.3, -0.25) is 4.79 Å². The highest BCUT2D eigenvalue weighted by molar-refractivity contribution is 5.91. The van der Waals surface area contributed by atoms with Crippen molar-refractivity contribution in [1.29, 1.82) is 0 Å². The third-order valence-electron chi connectivity index (χ3n) is 4.21. The number of alkyl halides is 3. The number of amides is 1. The number of nitrogens with zero attached hydrogens (tertiary/aromatic N) is 1. The van der Waals surface area contributed by atoms with Crippen LogP contribution in [0.2, 0.25) is 0 Å². The van der Waals surface area contributed by atoms with Crippen molar-refractivity contribution < 1.29 is 18.0 Å². The standard InChI is InChI=1S/C16H21F3N2O/c1-11(22)21(2)15-8-4-7-14(10-15)20-13-6-3-5-12(9-13)16(17,18)19/h4,7-8,10,12-13,20H,3,5-6,9H2,1-2H3/t12-,13+/m1/s1. The van der Waals surface area contributed by atoms with E-state index in [4.69, 9.17) is 0 Å². The first-order valence-corrected chi connectivity index (χ1v) is 7.45. The molecule has 0 heterocycles. The van der Waals surface area contributed by atoms with E-state index in [9.17, 15) is 18.0 Å². The number of halogens is 3. The molecular formula is C16H21F3N2O. The zero-order chi connectivity index (χ0) is 16.3. The lowest BCUT2D eigenvalue weighted by Crippen LogP contribution is -2.34. The van der Waals surface area contributed by atoms with Crippen LogP contribution < -0.4 is 10.2 Å². The monoisotopic (exact) mass is 314 g/mol. The van der Waals surface area contributed by atoms with E-state index in [1.165, 1.54) is 11.8 Å². The van der Waals surface area contributed by atoms with Crippen LogP contribution in [-0.2, 0) is 4.79 Å². The van der Waals surface area contributed by atoms with Gasteiger partial charge in [-0.15, -0.1) is 0 Å². The van der Waals surface area contributed by atoms with E-state index in [-0.39, 0.29) is 24.8 Å². The average molecular weight is 314 g/mol. The fraction of sp³-hybridized carbons (Fsp3) is 0.562. The molecule has 2 rings (SSSR count). The minimum Gasteiger partial charge on any atom is -0.382 e. The van der Waals surface area contributed by atoms with Crippen molar-refractivity contribution in [3.63, 3.8) is 0 Å². The van der Waals surface area contributed by atoms with E-state index in [1.807, 2.05) is 6.07 Å². The topological polar surface area (TPSA) is 32.3 Å². The summed E-state index contributed by atoms with van der Waals surface area (Å²) in [6.07, 6.45) is -2.48. The maximum absolute atomic E-state index is 12.8. The van der Waals surface area contributed by atoms with E-state index >= 15 is 0 Å². The third-order valence-corrected chi connectivity index (χ3v) is 4.21. The van der Waals surface area contributed by atoms with Crippen LogP contribution in [-0.4, -0.2) is 25.2 Å². The Morgan fingerprint density at radius 1 is 1.32 bits per heavy atom. The number of carbonyl (C=O) groups is 1. The van der Waals surface area contributed by atoms with Gasteiger partial charge in [-0.25, -0.2) is 0 Å². The first-order chi connectivity index (χ1) is 10.3. The molecule has 1 aliphatic carbocycles. The maximum atomic E-state index is 12.8. The summed E-state index contributed by atoms with van der Waals surface area (Å²) >= 11 is 0. The summed E-state index contributed by atoms with van der Waals surface area (Å²) in [6, 6.07) is 7.01. The second-order valence-corrected chi connectivity index (χ2v) is 5.87. The Balaban J connectivity index is 2.04. The SMILES string of the molecule is CC(=O)N(C)c1cccc(N[C@H]2CCC[C@@H](C(F)(F)F)C2)c1. The predicted molar refractivity (Wildman–Crippen MR) is 80.9 cm³/mol. The highest BCUT2D eigenvalue weighted by Gasteiger charge is 2.42. The van der Waals surface area contributed by atoms with Crippen molar-refractivity contribution >= 4 is 17.3 Å². The first kappa shape index (κ1) is 16.6. The minimum absolute atomic E-state index is 0.0908. The minimum atomic E-state index is -4.11.